The summed E-state index contributed by atoms with van der Waals surface area (Å²) in [6.45, 7) is 5.61. The van der Waals surface area contributed by atoms with E-state index in [2.05, 4.69) is 16.7 Å². The van der Waals surface area contributed by atoms with Crippen LogP contribution in [-0.4, -0.2) is 57.4 Å². The number of amides is 1. The van der Waals surface area contributed by atoms with Gasteiger partial charge < -0.3 is 9.80 Å². The summed E-state index contributed by atoms with van der Waals surface area (Å²) in [6.07, 6.45) is 3.40. The Labute approximate surface area is 156 Å². The molecule has 1 aromatic carbocycles. The first-order valence-electron chi connectivity index (χ1n) is 9.47. The number of rotatable bonds is 5. The summed E-state index contributed by atoms with van der Waals surface area (Å²) >= 11 is 0. The Balaban J connectivity index is 1.66. The molecule has 0 unspecified atom stereocenters. The van der Waals surface area contributed by atoms with E-state index in [1.165, 1.54) is 0 Å². The van der Waals surface area contributed by atoms with Crippen LogP contribution in [0.3, 0.4) is 0 Å². The number of carbonyl (C=O) groups excluding carboxylic acids is 1. The van der Waals surface area contributed by atoms with E-state index in [9.17, 15) is 13.2 Å². The maximum atomic E-state index is 12.7. The van der Waals surface area contributed by atoms with Crippen LogP contribution in [0.2, 0.25) is 0 Å². The lowest BCUT2D eigenvalue weighted by Crippen LogP contribution is -2.39. The van der Waals surface area contributed by atoms with Crippen LogP contribution < -0.4 is 4.72 Å². The number of hydrogen-bond acceptors (Lipinski definition) is 4. The van der Waals surface area contributed by atoms with Gasteiger partial charge in [0.15, 0.2) is 0 Å². The number of benzene rings is 1. The first-order valence-corrected chi connectivity index (χ1v) is 10.9. The molecule has 0 radical (unpaired) electrons. The van der Waals surface area contributed by atoms with Gasteiger partial charge in [-0.1, -0.05) is 13.0 Å². The minimum atomic E-state index is -3.49. The number of sulfonamides is 1. The number of nitrogens with zero attached hydrogens (tertiary/aromatic N) is 2. The summed E-state index contributed by atoms with van der Waals surface area (Å²) in [5, 5.41) is 0. The van der Waals surface area contributed by atoms with Crippen molar-refractivity contribution in [2.24, 2.45) is 5.92 Å². The van der Waals surface area contributed by atoms with Crippen LogP contribution in [0.25, 0.3) is 0 Å². The molecule has 2 aliphatic rings. The van der Waals surface area contributed by atoms with Crippen molar-refractivity contribution in [3.63, 3.8) is 0 Å². The molecule has 0 aromatic heterocycles. The van der Waals surface area contributed by atoms with Crippen LogP contribution >= 0.6 is 0 Å². The molecule has 6 nitrogen and oxygen atoms in total. The Morgan fingerprint density at radius 2 is 2.08 bits per heavy atom. The Morgan fingerprint density at radius 1 is 1.27 bits per heavy atom. The number of piperidine rings is 1. The van der Waals surface area contributed by atoms with Crippen LogP contribution in [0.5, 0.6) is 0 Å². The van der Waals surface area contributed by atoms with Crippen molar-refractivity contribution in [3.05, 3.63) is 29.3 Å². The summed E-state index contributed by atoms with van der Waals surface area (Å²) in [5.41, 5.74) is 2.08. The number of carbonyl (C=O) groups is 1. The largest absolute Gasteiger partial charge is 0.338 e. The van der Waals surface area contributed by atoms with Gasteiger partial charge in [0.2, 0.25) is 15.9 Å². The molecule has 144 valence electrons. The monoisotopic (exact) mass is 379 g/mol. The Bertz CT molecular complexity index is 763. The van der Waals surface area contributed by atoms with Crippen molar-refractivity contribution in [1.82, 2.24) is 14.5 Å². The topological polar surface area (TPSA) is 69.7 Å². The van der Waals surface area contributed by atoms with Crippen LogP contribution in [0, 0.1) is 5.92 Å². The standard InChI is InChI=1S/C19H29N3O3S/c1-3-19(23)22-10-8-16-11-18(7-6-17(16)14-22)26(24,25)20-12-15-5-4-9-21(2)13-15/h6-7,11,15,20H,3-5,8-10,12-14H2,1-2H3/t15-/m0/s1. The number of likely N-dealkylation sites (tertiary alicyclic amines) is 1. The van der Waals surface area contributed by atoms with Gasteiger partial charge in [-0.25, -0.2) is 13.1 Å². The van der Waals surface area contributed by atoms with E-state index in [1.54, 1.807) is 12.1 Å². The van der Waals surface area contributed by atoms with E-state index < -0.39 is 10.0 Å². The summed E-state index contributed by atoms with van der Waals surface area (Å²) in [7, 11) is -1.41. The number of hydrogen-bond donors (Lipinski definition) is 1. The number of fused-ring (bicyclic) bond motifs is 1. The maximum absolute atomic E-state index is 12.7. The van der Waals surface area contributed by atoms with E-state index in [1.807, 2.05) is 17.9 Å². The van der Waals surface area contributed by atoms with Gasteiger partial charge in [-0.2, -0.15) is 0 Å². The molecule has 0 spiro atoms. The molecular weight excluding hydrogens is 350 g/mol. The molecule has 1 saturated heterocycles. The smallest absolute Gasteiger partial charge is 0.240 e. The first-order chi connectivity index (χ1) is 12.4. The molecule has 0 saturated carbocycles. The predicted molar refractivity (Wildman–Crippen MR) is 101 cm³/mol. The minimum Gasteiger partial charge on any atom is -0.338 e. The first kappa shape index (κ1) is 19.3. The molecule has 1 atom stereocenters. The van der Waals surface area contributed by atoms with Gasteiger partial charge >= 0.3 is 0 Å². The lowest BCUT2D eigenvalue weighted by Gasteiger charge is -2.30. The van der Waals surface area contributed by atoms with Crippen molar-refractivity contribution in [3.8, 4) is 0 Å². The average Bonchev–Trinajstić information content (AvgIpc) is 2.65. The highest BCUT2D eigenvalue weighted by Gasteiger charge is 2.24. The molecule has 3 rings (SSSR count). The maximum Gasteiger partial charge on any atom is 0.240 e. The van der Waals surface area contributed by atoms with E-state index in [0.29, 0.717) is 43.3 Å². The molecular formula is C19H29N3O3S. The third-order valence-electron chi connectivity index (χ3n) is 5.44. The predicted octanol–water partition coefficient (Wildman–Crippen LogP) is 1.60. The molecule has 2 heterocycles. The van der Waals surface area contributed by atoms with E-state index >= 15 is 0 Å². The second-order valence-corrected chi connectivity index (χ2v) is 9.24. The minimum absolute atomic E-state index is 0.145. The average molecular weight is 380 g/mol. The highest BCUT2D eigenvalue weighted by Crippen LogP contribution is 2.23. The lowest BCUT2D eigenvalue weighted by molar-refractivity contribution is -0.131. The summed E-state index contributed by atoms with van der Waals surface area (Å²) in [6, 6.07) is 5.29. The Morgan fingerprint density at radius 3 is 2.81 bits per heavy atom. The highest BCUT2D eigenvalue weighted by molar-refractivity contribution is 7.89. The second-order valence-electron chi connectivity index (χ2n) is 7.47. The second kappa shape index (κ2) is 8.06. The van der Waals surface area contributed by atoms with Gasteiger partial charge in [0.1, 0.15) is 0 Å². The highest BCUT2D eigenvalue weighted by atomic mass is 32.2. The Kier molecular flexibility index (Phi) is 5.99. The van der Waals surface area contributed by atoms with Crippen LogP contribution in [0.4, 0.5) is 0 Å². The molecule has 0 aliphatic carbocycles. The van der Waals surface area contributed by atoms with Crippen LogP contribution in [0.1, 0.15) is 37.3 Å². The third-order valence-corrected chi connectivity index (χ3v) is 6.86. The molecule has 1 fully saturated rings. The molecule has 2 aliphatic heterocycles. The van der Waals surface area contributed by atoms with Crippen molar-refractivity contribution < 1.29 is 13.2 Å². The SMILES string of the molecule is CCC(=O)N1CCc2cc(S(=O)(=O)NC[C@@H]3CCCN(C)C3)ccc2C1. The third kappa shape index (κ3) is 4.45. The normalized spacial score (nSPS) is 21.5. The van der Waals surface area contributed by atoms with Crippen molar-refractivity contribution >= 4 is 15.9 Å². The molecule has 26 heavy (non-hydrogen) atoms. The molecule has 1 aromatic rings. The zero-order chi connectivity index (χ0) is 18.7. The molecule has 7 heteroatoms. The fourth-order valence-corrected chi connectivity index (χ4v) is 5.05. The molecule has 0 bridgehead atoms. The van der Waals surface area contributed by atoms with Gasteiger partial charge in [-0.3, -0.25) is 4.79 Å². The fourth-order valence-electron chi connectivity index (χ4n) is 3.88. The summed E-state index contributed by atoms with van der Waals surface area (Å²) < 4.78 is 28.1. The lowest BCUT2D eigenvalue weighted by atomic mass is 9.99. The number of nitrogens with one attached hydrogen (secondary N) is 1. The molecule has 1 N–H and O–H groups in total. The van der Waals surface area contributed by atoms with Gasteiger partial charge in [0.05, 0.1) is 4.90 Å². The zero-order valence-corrected chi connectivity index (χ0v) is 16.5. The molecule has 1 amide bonds. The quantitative estimate of drug-likeness (QED) is 0.844. The van der Waals surface area contributed by atoms with Crippen LogP contribution in [-0.2, 0) is 27.8 Å². The zero-order valence-electron chi connectivity index (χ0n) is 15.7. The van der Waals surface area contributed by atoms with Gasteiger partial charge in [-0.15, -0.1) is 0 Å². The van der Waals surface area contributed by atoms with E-state index in [-0.39, 0.29) is 5.91 Å². The van der Waals surface area contributed by atoms with E-state index in [4.69, 9.17) is 0 Å². The van der Waals surface area contributed by atoms with Gasteiger partial charge in [0.25, 0.3) is 0 Å². The fraction of sp³-hybridized carbons (Fsp3) is 0.632. The van der Waals surface area contributed by atoms with Crippen molar-refractivity contribution in [1.29, 1.82) is 0 Å². The Hall–Kier alpha value is -1.44. The van der Waals surface area contributed by atoms with E-state index in [0.717, 1.165) is 37.1 Å². The van der Waals surface area contributed by atoms with Gasteiger partial charge in [0, 0.05) is 32.6 Å². The van der Waals surface area contributed by atoms with Crippen LogP contribution in [0.15, 0.2) is 23.1 Å². The van der Waals surface area contributed by atoms with Gasteiger partial charge in [-0.05, 0) is 62.0 Å². The van der Waals surface area contributed by atoms with Crippen molar-refractivity contribution in [2.45, 2.75) is 44.0 Å². The van der Waals surface area contributed by atoms with Crippen molar-refractivity contribution in [2.75, 3.05) is 33.2 Å². The summed E-state index contributed by atoms with van der Waals surface area (Å²) in [4.78, 5) is 16.3. The summed E-state index contributed by atoms with van der Waals surface area (Å²) in [5.74, 6) is 0.515.